The summed E-state index contributed by atoms with van der Waals surface area (Å²) in [6.07, 6.45) is -2.29. The second-order valence-corrected chi connectivity index (χ2v) is 6.16. The number of rotatable bonds is 3. The summed E-state index contributed by atoms with van der Waals surface area (Å²) in [5.74, 6) is 1.56. The Morgan fingerprint density at radius 2 is 1.71 bits per heavy atom. The van der Waals surface area contributed by atoms with Crippen LogP contribution in [0.25, 0.3) is 10.9 Å². The molecule has 1 aliphatic rings. The third kappa shape index (κ3) is 2.23. The number of fused-ring (bicyclic) bond motifs is 2. The van der Waals surface area contributed by atoms with Crippen molar-refractivity contribution in [2.45, 2.75) is 31.7 Å². The summed E-state index contributed by atoms with van der Waals surface area (Å²) >= 11 is 0. The number of hydrogen-bond donors (Lipinski definition) is 2. The summed E-state index contributed by atoms with van der Waals surface area (Å²) in [5.41, 5.74) is -0.180. The quantitative estimate of drug-likeness (QED) is 0.884. The van der Waals surface area contributed by atoms with Crippen LogP contribution in [0.15, 0.2) is 12.1 Å². The Morgan fingerprint density at radius 1 is 1.04 bits per heavy atom. The highest BCUT2D eigenvalue weighted by Crippen LogP contribution is 2.48. The predicted octanol–water partition coefficient (Wildman–Crippen LogP) is 1.83. The SMILES string of the molecule is COc1ccc2c(OC)c3c(nc2c1OC)OC(C)(C)[C@@H](O)[C@H]3O. The average Bonchev–Trinajstić information content (AvgIpc) is 2.56. The molecule has 0 radical (unpaired) electrons. The first-order chi connectivity index (χ1) is 11.4. The number of aromatic nitrogens is 1. The van der Waals surface area contributed by atoms with Gasteiger partial charge in [0.05, 0.1) is 26.9 Å². The fourth-order valence-corrected chi connectivity index (χ4v) is 3.01. The third-order valence-electron chi connectivity index (χ3n) is 4.32. The number of aliphatic hydroxyl groups is 2. The molecule has 0 bridgehead atoms. The van der Waals surface area contributed by atoms with Crippen molar-refractivity contribution >= 4 is 10.9 Å². The van der Waals surface area contributed by atoms with Crippen molar-refractivity contribution in [3.05, 3.63) is 17.7 Å². The predicted molar refractivity (Wildman–Crippen MR) is 87.1 cm³/mol. The molecular weight excluding hydrogens is 314 g/mol. The summed E-state index contributed by atoms with van der Waals surface area (Å²) in [5, 5.41) is 21.5. The molecule has 0 aliphatic carbocycles. The van der Waals surface area contributed by atoms with E-state index >= 15 is 0 Å². The summed E-state index contributed by atoms with van der Waals surface area (Å²) in [6, 6.07) is 3.50. The Bertz CT molecular complexity index is 788. The summed E-state index contributed by atoms with van der Waals surface area (Å²) in [7, 11) is 4.55. The van der Waals surface area contributed by atoms with Crippen molar-refractivity contribution in [3.8, 4) is 23.1 Å². The van der Waals surface area contributed by atoms with E-state index < -0.39 is 17.8 Å². The maximum atomic E-state index is 10.6. The molecule has 2 N–H and O–H groups in total. The lowest BCUT2D eigenvalue weighted by Crippen LogP contribution is -2.49. The van der Waals surface area contributed by atoms with E-state index in [1.807, 2.05) is 0 Å². The fourth-order valence-electron chi connectivity index (χ4n) is 3.01. The standard InChI is InChI=1S/C17H21NO6/c1-17(2)15(20)12(19)10-13(22-4)8-6-7-9(21-3)14(23-5)11(8)18-16(10)24-17/h6-7,12,15,19-20H,1-5H3/t12-,15-/m0/s1. The van der Waals surface area contributed by atoms with Crippen LogP contribution in [0.4, 0.5) is 0 Å². The minimum Gasteiger partial charge on any atom is -0.495 e. The molecule has 0 saturated heterocycles. The zero-order valence-electron chi connectivity index (χ0n) is 14.3. The van der Waals surface area contributed by atoms with Gasteiger partial charge in [-0.05, 0) is 26.0 Å². The van der Waals surface area contributed by atoms with Gasteiger partial charge in [-0.15, -0.1) is 0 Å². The van der Waals surface area contributed by atoms with Crippen molar-refractivity contribution < 1.29 is 29.2 Å². The second kappa shape index (κ2) is 5.68. The monoisotopic (exact) mass is 335 g/mol. The van der Waals surface area contributed by atoms with Crippen molar-refractivity contribution in [1.82, 2.24) is 4.98 Å². The highest BCUT2D eigenvalue weighted by molar-refractivity contribution is 5.94. The number of pyridine rings is 1. The summed E-state index contributed by atoms with van der Waals surface area (Å²) < 4.78 is 22.1. The van der Waals surface area contributed by atoms with E-state index in [2.05, 4.69) is 4.98 Å². The lowest BCUT2D eigenvalue weighted by Gasteiger charge is -2.39. The topological polar surface area (TPSA) is 90.3 Å². The van der Waals surface area contributed by atoms with Gasteiger partial charge in [0.1, 0.15) is 29.1 Å². The third-order valence-corrected chi connectivity index (χ3v) is 4.32. The molecule has 130 valence electrons. The first kappa shape index (κ1) is 16.6. The number of aliphatic hydroxyl groups excluding tert-OH is 2. The first-order valence-electron chi connectivity index (χ1n) is 7.53. The van der Waals surface area contributed by atoms with Crippen LogP contribution < -0.4 is 18.9 Å². The zero-order valence-corrected chi connectivity index (χ0v) is 14.3. The second-order valence-electron chi connectivity index (χ2n) is 6.16. The molecule has 0 spiro atoms. The number of ether oxygens (including phenoxy) is 4. The molecule has 0 fully saturated rings. The first-order valence-corrected chi connectivity index (χ1v) is 7.53. The molecule has 24 heavy (non-hydrogen) atoms. The Balaban J connectivity index is 2.38. The molecular formula is C17H21NO6. The molecule has 1 aromatic heterocycles. The van der Waals surface area contributed by atoms with E-state index in [4.69, 9.17) is 18.9 Å². The van der Waals surface area contributed by atoms with E-state index in [0.717, 1.165) is 0 Å². The van der Waals surface area contributed by atoms with E-state index in [0.29, 0.717) is 33.7 Å². The highest BCUT2D eigenvalue weighted by Gasteiger charge is 2.45. The van der Waals surface area contributed by atoms with Gasteiger partial charge in [0.25, 0.3) is 0 Å². The van der Waals surface area contributed by atoms with Crippen molar-refractivity contribution in [2.24, 2.45) is 0 Å². The van der Waals surface area contributed by atoms with Crippen LogP contribution in [0.5, 0.6) is 23.1 Å². The van der Waals surface area contributed by atoms with Gasteiger partial charge in [-0.2, -0.15) is 0 Å². The molecule has 0 saturated carbocycles. The minimum absolute atomic E-state index is 0.203. The van der Waals surface area contributed by atoms with E-state index in [9.17, 15) is 10.2 Å². The van der Waals surface area contributed by atoms with Gasteiger partial charge in [0, 0.05) is 5.39 Å². The van der Waals surface area contributed by atoms with E-state index in [1.54, 1.807) is 33.1 Å². The maximum Gasteiger partial charge on any atom is 0.224 e. The number of methoxy groups -OCH3 is 3. The van der Waals surface area contributed by atoms with Crippen LogP contribution in [0.3, 0.4) is 0 Å². The molecule has 3 rings (SSSR count). The van der Waals surface area contributed by atoms with Crippen LogP contribution in [0, 0.1) is 0 Å². The Morgan fingerprint density at radius 3 is 2.29 bits per heavy atom. The average molecular weight is 335 g/mol. The van der Waals surface area contributed by atoms with Gasteiger partial charge in [0.2, 0.25) is 5.88 Å². The number of nitrogens with zero attached hydrogens (tertiary/aromatic N) is 1. The lowest BCUT2D eigenvalue weighted by atomic mass is 9.88. The van der Waals surface area contributed by atoms with Gasteiger partial charge < -0.3 is 29.2 Å². The molecule has 2 aromatic rings. The van der Waals surface area contributed by atoms with Crippen molar-refractivity contribution in [1.29, 1.82) is 0 Å². The number of benzene rings is 1. The normalized spacial score (nSPS) is 21.8. The van der Waals surface area contributed by atoms with Gasteiger partial charge in [0.15, 0.2) is 11.5 Å². The Kier molecular flexibility index (Phi) is 3.93. The highest BCUT2D eigenvalue weighted by atomic mass is 16.5. The van der Waals surface area contributed by atoms with Gasteiger partial charge >= 0.3 is 0 Å². The van der Waals surface area contributed by atoms with Crippen molar-refractivity contribution in [3.63, 3.8) is 0 Å². The molecule has 0 amide bonds. The van der Waals surface area contributed by atoms with Gasteiger partial charge in [-0.3, -0.25) is 0 Å². The van der Waals surface area contributed by atoms with Gasteiger partial charge in [-0.25, -0.2) is 4.98 Å². The van der Waals surface area contributed by atoms with Crippen molar-refractivity contribution in [2.75, 3.05) is 21.3 Å². The molecule has 1 aromatic carbocycles. The Labute approximate surface area is 139 Å². The van der Waals surface area contributed by atoms with Crippen LogP contribution in [-0.4, -0.2) is 48.2 Å². The summed E-state index contributed by atoms with van der Waals surface area (Å²) in [4.78, 5) is 4.51. The van der Waals surface area contributed by atoms with Crippen LogP contribution in [0.2, 0.25) is 0 Å². The smallest absolute Gasteiger partial charge is 0.224 e. The summed E-state index contributed by atoms with van der Waals surface area (Å²) in [6.45, 7) is 3.37. The van der Waals surface area contributed by atoms with Gasteiger partial charge in [-0.1, -0.05) is 0 Å². The largest absolute Gasteiger partial charge is 0.495 e. The molecule has 0 unspecified atom stereocenters. The zero-order chi connectivity index (χ0) is 17.6. The Hall–Kier alpha value is -2.25. The van der Waals surface area contributed by atoms with E-state index in [-0.39, 0.29) is 5.88 Å². The number of hydrogen-bond acceptors (Lipinski definition) is 7. The molecule has 2 atom stereocenters. The van der Waals surface area contributed by atoms with Crippen LogP contribution in [-0.2, 0) is 0 Å². The van der Waals surface area contributed by atoms with E-state index in [1.165, 1.54) is 14.2 Å². The molecule has 1 aliphatic heterocycles. The van der Waals surface area contributed by atoms with Crippen LogP contribution in [0.1, 0.15) is 25.5 Å². The van der Waals surface area contributed by atoms with Crippen LogP contribution >= 0.6 is 0 Å². The molecule has 7 nitrogen and oxygen atoms in total. The molecule has 7 heteroatoms. The lowest BCUT2D eigenvalue weighted by molar-refractivity contribution is -0.114. The minimum atomic E-state index is -1.18. The molecule has 2 heterocycles. The fraction of sp³-hybridized carbons (Fsp3) is 0.471. The maximum absolute atomic E-state index is 10.6.